The second-order valence-corrected chi connectivity index (χ2v) is 6.52. The smallest absolute Gasteiger partial charge is 0.332 e. The summed E-state index contributed by atoms with van der Waals surface area (Å²) in [6, 6.07) is 11.2. The van der Waals surface area contributed by atoms with E-state index < -0.39 is 15.1 Å². The molecule has 3 N–H and O–H groups in total. The third kappa shape index (κ3) is 4.79. The van der Waals surface area contributed by atoms with Gasteiger partial charge in [-0.15, -0.1) is 3.89 Å². The molecule has 0 aliphatic heterocycles. The summed E-state index contributed by atoms with van der Waals surface area (Å²) in [7, 11) is -4.75. The van der Waals surface area contributed by atoms with Crippen LogP contribution in [0.3, 0.4) is 0 Å². The first-order valence-electron chi connectivity index (χ1n) is 6.95. The van der Waals surface area contributed by atoms with Crippen LogP contribution in [0.2, 0.25) is 0 Å². The van der Waals surface area contributed by atoms with E-state index in [0.717, 1.165) is 11.6 Å². The number of rotatable bonds is 5. The Labute approximate surface area is 134 Å². The van der Waals surface area contributed by atoms with Gasteiger partial charge in [0.1, 0.15) is 4.90 Å². The molecular formula is C16H17FN2O3S. The molecule has 5 nitrogen and oxygen atoms in total. The molecule has 0 aromatic heterocycles. The van der Waals surface area contributed by atoms with Crippen molar-refractivity contribution in [3.05, 3.63) is 53.6 Å². The van der Waals surface area contributed by atoms with Gasteiger partial charge in [-0.2, -0.15) is 8.42 Å². The summed E-state index contributed by atoms with van der Waals surface area (Å²) < 4.78 is 34.8. The molecule has 0 unspecified atom stereocenters. The molecule has 1 amide bonds. The molecule has 0 atom stereocenters. The van der Waals surface area contributed by atoms with Gasteiger partial charge < -0.3 is 11.1 Å². The third-order valence-corrected chi connectivity index (χ3v) is 4.33. The highest BCUT2D eigenvalue weighted by Gasteiger charge is 2.15. The molecule has 2 aromatic carbocycles. The number of amides is 1. The molecule has 0 spiro atoms. The van der Waals surface area contributed by atoms with Crippen molar-refractivity contribution in [2.45, 2.75) is 24.7 Å². The fourth-order valence-electron chi connectivity index (χ4n) is 2.17. The Balaban J connectivity index is 1.98. The highest BCUT2D eigenvalue weighted by molar-refractivity contribution is 7.86. The number of benzene rings is 2. The lowest BCUT2D eigenvalue weighted by Crippen LogP contribution is -2.12. The zero-order chi connectivity index (χ0) is 17.0. The van der Waals surface area contributed by atoms with Crippen LogP contribution in [0.15, 0.2) is 47.4 Å². The number of nitrogens with one attached hydrogen (secondary N) is 1. The molecule has 2 rings (SSSR count). The van der Waals surface area contributed by atoms with Crippen LogP contribution < -0.4 is 11.1 Å². The van der Waals surface area contributed by atoms with Crippen molar-refractivity contribution in [2.24, 2.45) is 0 Å². The molecular weight excluding hydrogens is 319 g/mol. The van der Waals surface area contributed by atoms with Gasteiger partial charge in [0.2, 0.25) is 5.91 Å². The SMILES string of the molecule is Cc1cc(NC(=O)CCc2ccc(N)cc2)ccc1S(=O)(=O)F. The molecule has 0 saturated carbocycles. The van der Waals surface area contributed by atoms with Crippen LogP contribution in [-0.4, -0.2) is 14.3 Å². The van der Waals surface area contributed by atoms with Gasteiger partial charge in [-0.3, -0.25) is 4.79 Å². The number of nitrogens with two attached hydrogens (primary N) is 1. The van der Waals surface area contributed by atoms with Crippen LogP contribution >= 0.6 is 0 Å². The van der Waals surface area contributed by atoms with E-state index in [2.05, 4.69) is 5.32 Å². The normalized spacial score (nSPS) is 11.2. The molecule has 0 fully saturated rings. The lowest BCUT2D eigenvalue weighted by Gasteiger charge is -2.08. The number of halogens is 1. The predicted octanol–water partition coefficient (Wildman–Crippen LogP) is 2.81. The molecule has 23 heavy (non-hydrogen) atoms. The molecule has 7 heteroatoms. The third-order valence-electron chi connectivity index (χ3n) is 3.34. The molecule has 0 heterocycles. The number of hydrogen-bond acceptors (Lipinski definition) is 4. The van der Waals surface area contributed by atoms with Crippen LogP contribution in [-0.2, 0) is 21.4 Å². The minimum Gasteiger partial charge on any atom is -0.399 e. The minimum absolute atomic E-state index is 0.211. The van der Waals surface area contributed by atoms with Crippen LogP contribution in [0.1, 0.15) is 17.5 Å². The summed E-state index contributed by atoms with van der Waals surface area (Å²) in [4.78, 5) is 11.5. The van der Waals surface area contributed by atoms with Gasteiger partial charge in [0.05, 0.1) is 0 Å². The summed E-state index contributed by atoms with van der Waals surface area (Å²) in [5.74, 6) is -0.211. The van der Waals surface area contributed by atoms with Crippen molar-refractivity contribution in [1.29, 1.82) is 0 Å². The summed E-state index contributed by atoms with van der Waals surface area (Å²) in [6.07, 6.45) is 0.828. The Bertz CT molecular complexity index is 818. The Morgan fingerprint density at radius 2 is 1.83 bits per heavy atom. The maximum atomic E-state index is 13.0. The largest absolute Gasteiger partial charge is 0.399 e. The number of carbonyl (C=O) groups is 1. The van der Waals surface area contributed by atoms with Crippen LogP contribution in [0, 0.1) is 6.92 Å². The van der Waals surface area contributed by atoms with E-state index in [1.807, 2.05) is 12.1 Å². The number of aryl methyl sites for hydroxylation is 2. The van der Waals surface area contributed by atoms with Gasteiger partial charge in [0.15, 0.2) is 0 Å². The maximum Gasteiger partial charge on any atom is 0.332 e. The van der Waals surface area contributed by atoms with Crippen molar-refractivity contribution in [2.75, 3.05) is 11.1 Å². The zero-order valence-corrected chi connectivity index (χ0v) is 13.4. The standard InChI is InChI=1S/C16H17FN2O3S/c1-11-10-14(7-8-15(11)23(17,21)22)19-16(20)9-4-12-2-5-13(18)6-3-12/h2-3,5-8,10H,4,9,18H2,1H3,(H,19,20). The van der Waals surface area contributed by atoms with Crippen molar-refractivity contribution in [3.63, 3.8) is 0 Å². The highest BCUT2D eigenvalue weighted by Crippen LogP contribution is 2.21. The van der Waals surface area contributed by atoms with Crippen molar-refractivity contribution >= 4 is 27.5 Å². The number of nitrogen functional groups attached to an aromatic ring is 1. The Morgan fingerprint density at radius 3 is 2.39 bits per heavy atom. The molecule has 122 valence electrons. The van der Waals surface area contributed by atoms with E-state index in [4.69, 9.17) is 5.73 Å². The average Bonchev–Trinajstić information content (AvgIpc) is 2.45. The molecule has 0 aliphatic carbocycles. The lowest BCUT2D eigenvalue weighted by molar-refractivity contribution is -0.116. The van der Waals surface area contributed by atoms with E-state index >= 15 is 0 Å². The van der Waals surface area contributed by atoms with E-state index in [-0.39, 0.29) is 17.9 Å². The van der Waals surface area contributed by atoms with Crippen LogP contribution in [0.4, 0.5) is 15.3 Å². The topological polar surface area (TPSA) is 89.3 Å². The number of anilines is 2. The zero-order valence-electron chi connectivity index (χ0n) is 12.5. The fourth-order valence-corrected chi connectivity index (χ4v) is 2.84. The first kappa shape index (κ1) is 17.0. The van der Waals surface area contributed by atoms with E-state index in [0.29, 0.717) is 17.8 Å². The minimum atomic E-state index is -4.75. The van der Waals surface area contributed by atoms with Gasteiger partial charge in [-0.05, 0) is 54.8 Å². The van der Waals surface area contributed by atoms with Crippen LogP contribution in [0.25, 0.3) is 0 Å². The first-order valence-corrected chi connectivity index (χ1v) is 8.33. The van der Waals surface area contributed by atoms with Crippen LogP contribution in [0.5, 0.6) is 0 Å². The molecule has 0 radical (unpaired) electrons. The van der Waals surface area contributed by atoms with Crippen molar-refractivity contribution in [1.82, 2.24) is 0 Å². The summed E-state index contributed by atoms with van der Waals surface area (Å²) >= 11 is 0. The number of carbonyl (C=O) groups excluding carboxylic acids is 1. The van der Waals surface area contributed by atoms with Gasteiger partial charge in [0.25, 0.3) is 0 Å². The van der Waals surface area contributed by atoms with E-state index in [9.17, 15) is 17.1 Å². The van der Waals surface area contributed by atoms with Gasteiger partial charge in [-0.1, -0.05) is 12.1 Å². The Kier molecular flexibility index (Phi) is 5.00. The molecule has 0 saturated heterocycles. The molecule has 2 aromatic rings. The quantitative estimate of drug-likeness (QED) is 0.649. The van der Waals surface area contributed by atoms with Gasteiger partial charge in [0, 0.05) is 17.8 Å². The van der Waals surface area contributed by atoms with Gasteiger partial charge in [-0.25, -0.2) is 0 Å². The Hall–Kier alpha value is -2.41. The fraction of sp³-hybridized carbons (Fsp3) is 0.188. The second kappa shape index (κ2) is 6.78. The Morgan fingerprint density at radius 1 is 1.17 bits per heavy atom. The number of hydrogen-bond donors (Lipinski definition) is 2. The predicted molar refractivity (Wildman–Crippen MR) is 87.3 cm³/mol. The van der Waals surface area contributed by atoms with E-state index in [1.165, 1.54) is 19.1 Å². The summed E-state index contributed by atoms with van der Waals surface area (Å²) in [5.41, 5.74) is 7.91. The highest BCUT2D eigenvalue weighted by atomic mass is 32.3. The van der Waals surface area contributed by atoms with Gasteiger partial charge >= 0.3 is 10.2 Å². The summed E-state index contributed by atoms with van der Waals surface area (Å²) in [6.45, 7) is 1.47. The maximum absolute atomic E-state index is 13.0. The van der Waals surface area contributed by atoms with Crippen molar-refractivity contribution in [3.8, 4) is 0 Å². The molecule has 0 aliphatic rings. The summed E-state index contributed by atoms with van der Waals surface area (Å²) in [5, 5.41) is 2.66. The van der Waals surface area contributed by atoms with Crippen molar-refractivity contribution < 1.29 is 17.1 Å². The first-order chi connectivity index (χ1) is 10.8. The van der Waals surface area contributed by atoms with E-state index in [1.54, 1.807) is 12.1 Å². The second-order valence-electron chi connectivity index (χ2n) is 5.21. The average molecular weight is 336 g/mol. The monoisotopic (exact) mass is 336 g/mol. The lowest BCUT2D eigenvalue weighted by atomic mass is 10.1. The molecule has 0 bridgehead atoms.